The fourth-order valence-electron chi connectivity index (χ4n) is 1.05. The molecule has 1 atom stereocenters. The summed E-state index contributed by atoms with van der Waals surface area (Å²) in [6.45, 7) is 1.56. The average molecular weight is 306 g/mol. The Hall–Kier alpha value is -1.14. The zero-order valence-corrected chi connectivity index (χ0v) is 10.8. The van der Waals surface area contributed by atoms with Crippen LogP contribution in [0.2, 0.25) is 0 Å². The fourth-order valence-corrected chi connectivity index (χ4v) is 1.51. The van der Waals surface area contributed by atoms with E-state index >= 15 is 0 Å². The van der Waals surface area contributed by atoms with Crippen LogP contribution in [0.3, 0.4) is 0 Å². The molecule has 1 aromatic rings. The molecule has 0 aromatic heterocycles. The second-order valence-electron chi connectivity index (χ2n) is 3.52. The zero-order chi connectivity index (χ0) is 12.8. The lowest BCUT2D eigenvalue weighted by Gasteiger charge is -2.09. The normalized spacial score (nSPS) is 12.0. The average Bonchev–Trinajstić information content (AvgIpc) is 2.25. The summed E-state index contributed by atoms with van der Waals surface area (Å²) in [5.41, 5.74) is 0. The Morgan fingerprint density at radius 2 is 2.35 bits per heavy atom. The number of amides is 1. The van der Waals surface area contributed by atoms with E-state index in [1.165, 1.54) is 18.2 Å². The molecule has 4 nitrogen and oxygen atoms in total. The van der Waals surface area contributed by atoms with Gasteiger partial charge in [0, 0.05) is 6.54 Å². The minimum Gasteiger partial charge on any atom is -0.483 e. The van der Waals surface area contributed by atoms with Crippen LogP contribution in [0.5, 0.6) is 5.75 Å². The van der Waals surface area contributed by atoms with Gasteiger partial charge in [-0.3, -0.25) is 4.79 Å². The van der Waals surface area contributed by atoms with E-state index in [0.717, 1.165) is 0 Å². The van der Waals surface area contributed by atoms with Gasteiger partial charge in [-0.1, -0.05) is 0 Å². The highest BCUT2D eigenvalue weighted by Gasteiger charge is 2.07. The van der Waals surface area contributed by atoms with E-state index in [9.17, 15) is 9.18 Å². The summed E-state index contributed by atoms with van der Waals surface area (Å²) in [6, 6.07) is 3.93. The van der Waals surface area contributed by atoms with Crippen LogP contribution in [0.15, 0.2) is 22.7 Å². The monoisotopic (exact) mass is 305 g/mol. The summed E-state index contributed by atoms with van der Waals surface area (Å²) in [5.74, 6) is -0.344. The number of halogens is 2. The highest BCUT2D eigenvalue weighted by Crippen LogP contribution is 2.25. The van der Waals surface area contributed by atoms with Gasteiger partial charge in [0.05, 0.1) is 10.6 Å². The molecule has 0 saturated heterocycles. The molecule has 0 fully saturated rings. The number of aliphatic hydroxyl groups is 1. The molecule has 0 spiro atoms. The van der Waals surface area contributed by atoms with Crippen LogP contribution >= 0.6 is 15.9 Å². The third kappa shape index (κ3) is 5.14. The van der Waals surface area contributed by atoms with Gasteiger partial charge in [0.1, 0.15) is 11.6 Å². The molecule has 1 rings (SSSR count). The van der Waals surface area contributed by atoms with E-state index in [-0.39, 0.29) is 24.9 Å². The minimum absolute atomic E-state index is 0.173. The number of hydrogen-bond acceptors (Lipinski definition) is 3. The first kappa shape index (κ1) is 13.9. The van der Waals surface area contributed by atoms with Gasteiger partial charge in [-0.15, -0.1) is 0 Å². The maximum atomic E-state index is 12.8. The molecule has 0 radical (unpaired) electrons. The van der Waals surface area contributed by atoms with Crippen LogP contribution in [0.25, 0.3) is 0 Å². The second kappa shape index (κ2) is 6.56. The molecular weight excluding hydrogens is 293 g/mol. The lowest BCUT2D eigenvalue weighted by atomic mass is 10.3. The van der Waals surface area contributed by atoms with E-state index in [1.807, 2.05) is 0 Å². The number of carbonyl (C=O) groups is 1. The molecule has 1 amide bonds. The van der Waals surface area contributed by atoms with Crippen molar-refractivity contribution < 1.29 is 19.0 Å². The van der Waals surface area contributed by atoms with E-state index < -0.39 is 6.10 Å². The van der Waals surface area contributed by atoms with Gasteiger partial charge in [-0.25, -0.2) is 4.39 Å². The molecule has 2 N–H and O–H groups in total. The lowest BCUT2D eigenvalue weighted by Crippen LogP contribution is -2.34. The van der Waals surface area contributed by atoms with Crippen LogP contribution in [0.1, 0.15) is 6.92 Å². The number of hydrogen-bond donors (Lipinski definition) is 2. The van der Waals surface area contributed by atoms with Crippen molar-refractivity contribution in [2.45, 2.75) is 13.0 Å². The summed E-state index contributed by atoms with van der Waals surface area (Å²) < 4.78 is 18.4. The van der Waals surface area contributed by atoms with E-state index in [2.05, 4.69) is 21.2 Å². The smallest absolute Gasteiger partial charge is 0.258 e. The molecule has 0 aliphatic heterocycles. The Morgan fingerprint density at radius 1 is 1.65 bits per heavy atom. The summed E-state index contributed by atoms with van der Waals surface area (Å²) in [5, 5.41) is 11.4. The number of carbonyl (C=O) groups excluding carboxylic acids is 1. The van der Waals surface area contributed by atoms with Gasteiger partial charge in [0.25, 0.3) is 5.91 Å². The quantitative estimate of drug-likeness (QED) is 0.866. The third-order valence-corrected chi connectivity index (χ3v) is 2.47. The SMILES string of the molecule is C[C@@H](O)CNC(=O)COc1ccc(F)cc1Br. The molecular formula is C11H13BrFNO3. The van der Waals surface area contributed by atoms with Crippen molar-refractivity contribution in [3.8, 4) is 5.75 Å². The summed E-state index contributed by atoms with van der Waals surface area (Å²) in [4.78, 5) is 11.3. The molecule has 0 aliphatic carbocycles. The number of aliphatic hydroxyl groups excluding tert-OH is 1. The predicted molar refractivity (Wildman–Crippen MR) is 64.3 cm³/mol. The molecule has 0 aliphatic rings. The highest BCUT2D eigenvalue weighted by molar-refractivity contribution is 9.10. The largest absolute Gasteiger partial charge is 0.483 e. The molecule has 0 heterocycles. The first-order valence-corrected chi connectivity index (χ1v) is 5.81. The Morgan fingerprint density at radius 3 is 2.94 bits per heavy atom. The van der Waals surface area contributed by atoms with Crippen molar-refractivity contribution in [3.63, 3.8) is 0 Å². The van der Waals surface area contributed by atoms with Crippen molar-refractivity contribution in [1.29, 1.82) is 0 Å². The van der Waals surface area contributed by atoms with Gasteiger partial charge < -0.3 is 15.2 Å². The topological polar surface area (TPSA) is 58.6 Å². The maximum absolute atomic E-state index is 12.8. The number of ether oxygens (including phenoxy) is 1. The van der Waals surface area contributed by atoms with Gasteiger partial charge in [-0.05, 0) is 41.1 Å². The predicted octanol–water partition coefficient (Wildman–Crippen LogP) is 1.46. The maximum Gasteiger partial charge on any atom is 0.258 e. The molecule has 94 valence electrons. The van der Waals surface area contributed by atoms with Crippen LogP contribution in [-0.4, -0.2) is 30.3 Å². The van der Waals surface area contributed by atoms with Gasteiger partial charge in [0.15, 0.2) is 6.61 Å². The third-order valence-electron chi connectivity index (χ3n) is 1.85. The molecule has 0 saturated carbocycles. The Kier molecular flexibility index (Phi) is 5.37. The standard InChI is InChI=1S/C11H13BrFNO3/c1-7(15)5-14-11(16)6-17-10-3-2-8(13)4-9(10)12/h2-4,7,15H,5-6H2,1H3,(H,14,16)/t7-/m1/s1. The van der Waals surface area contributed by atoms with Crippen molar-refractivity contribution in [2.24, 2.45) is 0 Å². The number of rotatable bonds is 5. The first-order chi connectivity index (χ1) is 7.99. The molecule has 17 heavy (non-hydrogen) atoms. The van der Waals surface area contributed by atoms with Crippen LogP contribution < -0.4 is 10.1 Å². The summed E-state index contributed by atoms with van der Waals surface area (Å²) in [6.07, 6.45) is -0.600. The highest BCUT2D eigenvalue weighted by atomic mass is 79.9. The minimum atomic E-state index is -0.600. The summed E-state index contributed by atoms with van der Waals surface area (Å²) in [7, 11) is 0. The molecule has 0 bridgehead atoms. The van der Waals surface area contributed by atoms with Gasteiger partial charge in [0.2, 0.25) is 0 Å². The second-order valence-corrected chi connectivity index (χ2v) is 4.37. The van der Waals surface area contributed by atoms with Gasteiger partial charge >= 0.3 is 0 Å². The van der Waals surface area contributed by atoms with Crippen LogP contribution in [-0.2, 0) is 4.79 Å². The number of benzene rings is 1. The lowest BCUT2D eigenvalue weighted by molar-refractivity contribution is -0.123. The van der Waals surface area contributed by atoms with Crippen molar-refractivity contribution in [1.82, 2.24) is 5.32 Å². The van der Waals surface area contributed by atoms with E-state index in [4.69, 9.17) is 9.84 Å². The van der Waals surface area contributed by atoms with Crippen molar-refractivity contribution in [3.05, 3.63) is 28.5 Å². The molecule has 6 heteroatoms. The molecule has 0 unspecified atom stereocenters. The van der Waals surface area contributed by atoms with E-state index in [1.54, 1.807) is 6.92 Å². The van der Waals surface area contributed by atoms with Crippen molar-refractivity contribution in [2.75, 3.05) is 13.2 Å². The summed E-state index contributed by atoms with van der Waals surface area (Å²) >= 11 is 3.12. The Balaban J connectivity index is 2.42. The fraction of sp³-hybridized carbons (Fsp3) is 0.364. The van der Waals surface area contributed by atoms with Crippen molar-refractivity contribution >= 4 is 21.8 Å². The number of nitrogens with one attached hydrogen (secondary N) is 1. The zero-order valence-electron chi connectivity index (χ0n) is 9.24. The first-order valence-electron chi connectivity index (χ1n) is 5.01. The Bertz CT molecular complexity index is 398. The van der Waals surface area contributed by atoms with E-state index in [0.29, 0.717) is 10.2 Å². The van der Waals surface area contributed by atoms with Crippen LogP contribution in [0.4, 0.5) is 4.39 Å². The molecule has 1 aromatic carbocycles. The van der Waals surface area contributed by atoms with Gasteiger partial charge in [-0.2, -0.15) is 0 Å². The Labute approximate surface area is 107 Å². The van der Waals surface area contributed by atoms with Crippen LogP contribution in [0, 0.1) is 5.82 Å².